The van der Waals surface area contributed by atoms with Crippen LogP contribution >= 0.6 is 11.6 Å². The second-order valence-electron chi connectivity index (χ2n) is 4.81. The highest BCUT2D eigenvalue weighted by Gasteiger charge is 2.29. The van der Waals surface area contributed by atoms with Crippen molar-refractivity contribution in [2.24, 2.45) is 0 Å². The molecular formula is C14H19ClN2O. The third-order valence-corrected chi connectivity index (χ3v) is 3.73. The molecule has 0 aliphatic carbocycles. The number of nitrogens with one attached hydrogen (secondary N) is 1. The maximum Gasteiger partial charge on any atom is 0.254 e. The molecule has 1 saturated heterocycles. The molecule has 1 amide bonds. The zero-order valence-corrected chi connectivity index (χ0v) is 11.6. The predicted molar refractivity (Wildman–Crippen MR) is 74.2 cm³/mol. The average Bonchev–Trinajstić information content (AvgIpc) is 2.77. The number of amides is 1. The smallest absolute Gasteiger partial charge is 0.254 e. The Bertz CT molecular complexity index is 447. The average molecular weight is 267 g/mol. The first kappa shape index (κ1) is 13.4. The first-order valence-corrected chi connectivity index (χ1v) is 6.73. The number of hydrogen-bond acceptors (Lipinski definition) is 2. The Morgan fingerprint density at radius 3 is 3.00 bits per heavy atom. The van der Waals surface area contributed by atoms with Crippen molar-refractivity contribution in [2.45, 2.75) is 25.8 Å². The van der Waals surface area contributed by atoms with Gasteiger partial charge in [0.15, 0.2) is 0 Å². The SMILES string of the molecule is CNCC1CCCN1C(=O)c1ccc(Cl)cc1C. The number of nitrogens with zero attached hydrogens (tertiary/aromatic N) is 1. The number of likely N-dealkylation sites (N-methyl/N-ethyl adjacent to an activating group) is 1. The molecular weight excluding hydrogens is 248 g/mol. The van der Waals surface area contributed by atoms with Gasteiger partial charge < -0.3 is 10.2 Å². The normalized spacial score (nSPS) is 19.3. The molecule has 1 aromatic carbocycles. The highest BCUT2D eigenvalue weighted by atomic mass is 35.5. The minimum Gasteiger partial charge on any atom is -0.334 e. The summed E-state index contributed by atoms with van der Waals surface area (Å²) in [7, 11) is 1.93. The highest BCUT2D eigenvalue weighted by Crippen LogP contribution is 2.22. The number of aryl methyl sites for hydroxylation is 1. The lowest BCUT2D eigenvalue weighted by atomic mass is 10.1. The van der Waals surface area contributed by atoms with Crippen LogP contribution in [0.5, 0.6) is 0 Å². The van der Waals surface area contributed by atoms with Crippen molar-refractivity contribution in [3.63, 3.8) is 0 Å². The van der Waals surface area contributed by atoms with Gasteiger partial charge in [0, 0.05) is 29.7 Å². The number of hydrogen-bond donors (Lipinski definition) is 1. The summed E-state index contributed by atoms with van der Waals surface area (Å²) in [5.74, 6) is 0.127. The van der Waals surface area contributed by atoms with Crippen molar-refractivity contribution >= 4 is 17.5 Å². The standard InChI is InChI=1S/C14H19ClN2O/c1-10-8-11(15)5-6-13(10)14(18)17-7-3-4-12(17)9-16-2/h5-6,8,12,16H,3-4,7,9H2,1-2H3. The van der Waals surface area contributed by atoms with Gasteiger partial charge in [0.1, 0.15) is 0 Å². The van der Waals surface area contributed by atoms with E-state index in [-0.39, 0.29) is 5.91 Å². The van der Waals surface area contributed by atoms with Crippen LogP contribution in [-0.2, 0) is 0 Å². The van der Waals surface area contributed by atoms with Crippen LogP contribution in [-0.4, -0.2) is 37.0 Å². The van der Waals surface area contributed by atoms with E-state index in [1.54, 1.807) is 6.07 Å². The Morgan fingerprint density at radius 1 is 1.56 bits per heavy atom. The van der Waals surface area contributed by atoms with Crippen molar-refractivity contribution in [2.75, 3.05) is 20.1 Å². The molecule has 4 heteroatoms. The van der Waals surface area contributed by atoms with Gasteiger partial charge in [-0.3, -0.25) is 4.79 Å². The van der Waals surface area contributed by atoms with Crippen molar-refractivity contribution < 1.29 is 4.79 Å². The summed E-state index contributed by atoms with van der Waals surface area (Å²) in [4.78, 5) is 14.5. The molecule has 0 spiro atoms. The lowest BCUT2D eigenvalue weighted by Crippen LogP contribution is -2.41. The Kier molecular flexibility index (Phi) is 4.25. The van der Waals surface area contributed by atoms with Crippen molar-refractivity contribution in [3.8, 4) is 0 Å². The molecule has 1 N–H and O–H groups in total. The van der Waals surface area contributed by atoms with Gasteiger partial charge in [0.25, 0.3) is 5.91 Å². The van der Waals surface area contributed by atoms with Crippen LogP contribution in [0, 0.1) is 6.92 Å². The molecule has 98 valence electrons. The van der Waals surface area contributed by atoms with Gasteiger partial charge >= 0.3 is 0 Å². The lowest BCUT2D eigenvalue weighted by molar-refractivity contribution is 0.0736. The number of carbonyl (C=O) groups is 1. The van der Waals surface area contributed by atoms with Gasteiger partial charge in [0.05, 0.1) is 0 Å². The summed E-state index contributed by atoms with van der Waals surface area (Å²) < 4.78 is 0. The van der Waals surface area contributed by atoms with Gasteiger partial charge in [-0.15, -0.1) is 0 Å². The topological polar surface area (TPSA) is 32.3 Å². The first-order valence-electron chi connectivity index (χ1n) is 6.35. The highest BCUT2D eigenvalue weighted by molar-refractivity contribution is 6.30. The number of carbonyl (C=O) groups excluding carboxylic acids is 1. The summed E-state index contributed by atoms with van der Waals surface area (Å²) in [5.41, 5.74) is 1.71. The Hall–Kier alpha value is -1.06. The number of likely N-dealkylation sites (tertiary alicyclic amines) is 1. The van der Waals surface area contributed by atoms with E-state index in [2.05, 4.69) is 5.32 Å². The van der Waals surface area contributed by atoms with Crippen LogP contribution in [0.1, 0.15) is 28.8 Å². The summed E-state index contributed by atoms with van der Waals surface area (Å²) in [6.07, 6.45) is 2.17. The molecule has 0 aromatic heterocycles. The molecule has 1 aliphatic rings. The summed E-state index contributed by atoms with van der Waals surface area (Å²) in [6, 6.07) is 5.77. The van der Waals surface area contributed by atoms with E-state index in [1.165, 1.54) is 0 Å². The van der Waals surface area contributed by atoms with Crippen molar-refractivity contribution in [3.05, 3.63) is 34.3 Å². The van der Waals surface area contributed by atoms with E-state index in [0.717, 1.165) is 37.1 Å². The van der Waals surface area contributed by atoms with E-state index < -0.39 is 0 Å². The monoisotopic (exact) mass is 266 g/mol. The van der Waals surface area contributed by atoms with Gasteiger partial charge in [-0.1, -0.05) is 11.6 Å². The van der Waals surface area contributed by atoms with Gasteiger partial charge in [-0.2, -0.15) is 0 Å². The van der Waals surface area contributed by atoms with E-state index in [4.69, 9.17) is 11.6 Å². The van der Waals surface area contributed by atoms with Crippen molar-refractivity contribution in [1.29, 1.82) is 0 Å². The van der Waals surface area contributed by atoms with Crippen LogP contribution in [0.3, 0.4) is 0 Å². The fourth-order valence-electron chi connectivity index (χ4n) is 2.57. The molecule has 1 atom stereocenters. The van der Waals surface area contributed by atoms with E-state index >= 15 is 0 Å². The third-order valence-electron chi connectivity index (χ3n) is 3.50. The van der Waals surface area contributed by atoms with Crippen molar-refractivity contribution in [1.82, 2.24) is 10.2 Å². The molecule has 1 unspecified atom stereocenters. The maximum absolute atomic E-state index is 12.5. The van der Waals surface area contributed by atoms with Gasteiger partial charge in [-0.05, 0) is 50.6 Å². The number of halogens is 1. The lowest BCUT2D eigenvalue weighted by Gasteiger charge is -2.25. The van der Waals surface area contributed by atoms with Crippen LogP contribution in [0.4, 0.5) is 0 Å². The quantitative estimate of drug-likeness (QED) is 0.912. The summed E-state index contributed by atoms with van der Waals surface area (Å²) in [6.45, 7) is 3.65. The zero-order chi connectivity index (χ0) is 13.1. The second-order valence-corrected chi connectivity index (χ2v) is 5.25. The molecule has 1 aliphatic heterocycles. The Balaban J connectivity index is 2.20. The summed E-state index contributed by atoms with van der Waals surface area (Å²) >= 11 is 5.92. The molecule has 0 saturated carbocycles. The largest absolute Gasteiger partial charge is 0.334 e. The van der Waals surface area contributed by atoms with E-state index in [9.17, 15) is 4.79 Å². The zero-order valence-electron chi connectivity index (χ0n) is 10.9. The van der Waals surface area contributed by atoms with Crippen LogP contribution in [0.25, 0.3) is 0 Å². The molecule has 18 heavy (non-hydrogen) atoms. The Labute approximate surface area is 113 Å². The maximum atomic E-state index is 12.5. The fourth-order valence-corrected chi connectivity index (χ4v) is 2.80. The van der Waals surface area contributed by atoms with Crippen LogP contribution < -0.4 is 5.32 Å². The van der Waals surface area contributed by atoms with Gasteiger partial charge in [0.2, 0.25) is 0 Å². The summed E-state index contributed by atoms with van der Waals surface area (Å²) in [5, 5.41) is 3.83. The van der Waals surface area contributed by atoms with Gasteiger partial charge in [-0.25, -0.2) is 0 Å². The molecule has 1 fully saturated rings. The first-order chi connectivity index (χ1) is 8.63. The van der Waals surface area contributed by atoms with Crippen LogP contribution in [0.2, 0.25) is 5.02 Å². The second kappa shape index (κ2) is 5.72. The van der Waals surface area contributed by atoms with E-state index in [1.807, 2.05) is 31.0 Å². The van der Waals surface area contributed by atoms with Crippen LogP contribution in [0.15, 0.2) is 18.2 Å². The molecule has 1 heterocycles. The Morgan fingerprint density at radius 2 is 2.33 bits per heavy atom. The number of rotatable bonds is 3. The molecule has 0 bridgehead atoms. The van der Waals surface area contributed by atoms with E-state index in [0.29, 0.717) is 11.1 Å². The number of benzene rings is 1. The minimum absolute atomic E-state index is 0.127. The molecule has 1 aromatic rings. The molecule has 3 nitrogen and oxygen atoms in total. The molecule has 0 radical (unpaired) electrons. The third kappa shape index (κ3) is 2.68. The molecule has 2 rings (SSSR count). The minimum atomic E-state index is 0.127. The fraction of sp³-hybridized carbons (Fsp3) is 0.500. The predicted octanol–water partition coefficient (Wildman–Crippen LogP) is 2.47.